The molecule has 0 bridgehead atoms. The predicted molar refractivity (Wildman–Crippen MR) is 78.7 cm³/mol. The number of likely N-dealkylation sites (tertiary alicyclic amines) is 1. The maximum absolute atomic E-state index is 12.2. The van der Waals surface area contributed by atoms with Gasteiger partial charge < -0.3 is 16.0 Å². The van der Waals surface area contributed by atoms with Crippen LogP contribution < -0.4 is 11.1 Å². The number of nitrogens with two attached hydrogens (primary N) is 1. The van der Waals surface area contributed by atoms with E-state index >= 15 is 0 Å². The summed E-state index contributed by atoms with van der Waals surface area (Å²) >= 11 is 5.92. The smallest absolute Gasteiger partial charge is 0.321 e. The molecule has 1 saturated heterocycles. The van der Waals surface area contributed by atoms with Crippen molar-refractivity contribution in [3.05, 3.63) is 28.8 Å². The maximum Gasteiger partial charge on any atom is 0.321 e. The second-order valence-corrected chi connectivity index (χ2v) is 5.51. The number of rotatable bonds is 2. The van der Waals surface area contributed by atoms with E-state index in [0.717, 1.165) is 18.4 Å². The summed E-state index contributed by atoms with van der Waals surface area (Å²) in [5.41, 5.74) is 6.93. The number of nitrogens with one attached hydrogen (secondary N) is 1. The van der Waals surface area contributed by atoms with Crippen molar-refractivity contribution in [1.82, 2.24) is 4.90 Å². The number of carbonyl (C=O) groups excluding carboxylic acids is 2. The van der Waals surface area contributed by atoms with Gasteiger partial charge in [-0.25, -0.2) is 4.79 Å². The van der Waals surface area contributed by atoms with Gasteiger partial charge in [0.05, 0.1) is 5.92 Å². The van der Waals surface area contributed by atoms with Gasteiger partial charge in [-0.05, 0) is 37.5 Å². The molecule has 1 aromatic carbocycles. The minimum absolute atomic E-state index is 0.221. The molecule has 1 fully saturated rings. The van der Waals surface area contributed by atoms with E-state index in [1.54, 1.807) is 17.0 Å². The van der Waals surface area contributed by atoms with Gasteiger partial charge in [0.15, 0.2) is 0 Å². The average Bonchev–Trinajstić information content (AvgIpc) is 2.43. The molecule has 0 aromatic heterocycles. The molecule has 1 heterocycles. The summed E-state index contributed by atoms with van der Waals surface area (Å²) in [7, 11) is 0. The fraction of sp³-hybridized carbons (Fsp3) is 0.429. The Balaban J connectivity index is 2.04. The molecule has 3 amide bonds. The molecule has 1 atom stereocenters. The summed E-state index contributed by atoms with van der Waals surface area (Å²) in [6.07, 6.45) is 1.53. The first kappa shape index (κ1) is 14.7. The van der Waals surface area contributed by atoms with E-state index in [2.05, 4.69) is 5.32 Å². The molecule has 1 aromatic rings. The number of halogens is 1. The first-order valence-corrected chi connectivity index (χ1v) is 6.96. The monoisotopic (exact) mass is 295 g/mol. The Labute approximate surface area is 123 Å². The highest BCUT2D eigenvalue weighted by Crippen LogP contribution is 2.22. The summed E-state index contributed by atoms with van der Waals surface area (Å²) in [5.74, 6) is -0.601. The highest BCUT2D eigenvalue weighted by molar-refractivity contribution is 6.31. The zero-order valence-electron chi connectivity index (χ0n) is 11.4. The maximum atomic E-state index is 12.2. The number of anilines is 1. The van der Waals surface area contributed by atoms with Gasteiger partial charge in [-0.15, -0.1) is 0 Å². The Kier molecular flexibility index (Phi) is 4.49. The van der Waals surface area contributed by atoms with Crippen molar-refractivity contribution in [3.63, 3.8) is 0 Å². The Morgan fingerprint density at radius 1 is 1.45 bits per heavy atom. The molecule has 0 saturated carbocycles. The van der Waals surface area contributed by atoms with Gasteiger partial charge in [-0.2, -0.15) is 0 Å². The first-order valence-electron chi connectivity index (χ1n) is 6.59. The molecule has 5 nitrogen and oxygen atoms in total. The number of aryl methyl sites for hydroxylation is 1. The molecular weight excluding hydrogens is 278 g/mol. The van der Waals surface area contributed by atoms with Crippen LogP contribution in [0.1, 0.15) is 18.4 Å². The molecule has 1 aliphatic heterocycles. The molecule has 20 heavy (non-hydrogen) atoms. The highest BCUT2D eigenvalue weighted by Gasteiger charge is 2.27. The summed E-state index contributed by atoms with van der Waals surface area (Å²) < 4.78 is 0. The number of benzene rings is 1. The van der Waals surface area contributed by atoms with Gasteiger partial charge in [0.25, 0.3) is 0 Å². The van der Waals surface area contributed by atoms with E-state index in [4.69, 9.17) is 17.3 Å². The fourth-order valence-corrected chi connectivity index (χ4v) is 2.49. The van der Waals surface area contributed by atoms with E-state index in [-0.39, 0.29) is 17.9 Å². The molecule has 6 heteroatoms. The molecule has 0 aliphatic carbocycles. The number of amides is 3. The van der Waals surface area contributed by atoms with Crippen LogP contribution in [0.15, 0.2) is 18.2 Å². The molecule has 0 radical (unpaired) electrons. The normalized spacial score (nSPS) is 18.7. The second-order valence-electron chi connectivity index (χ2n) is 5.08. The van der Waals surface area contributed by atoms with Crippen molar-refractivity contribution in [2.75, 3.05) is 18.4 Å². The number of carbonyl (C=O) groups is 2. The predicted octanol–water partition coefficient (Wildman–Crippen LogP) is 2.38. The van der Waals surface area contributed by atoms with Gasteiger partial charge in [0.1, 0.15) is 0 Å². The van der Waals surface area contributed by atoms with Gasteiger partial charge >= 0.3 is 6.03 Å². The summed E-state index contributed by atoms with van der Waals surface area (Å²) in [6.45, 7) is 2.91. The van der Waals surface area contributed by atoms with E-state index in [1.807, 2.05) is 13.0 Å². The van der Waals surface area contributed by atoms with Crippen LogP contribution in [0.3, 0.4) is 0 Å². The van der Waals surface area contributed by atoms with Crippen molar-refractivity contribution in [2.45, 2.75) is 19.8 Å². The molecule has 1 aliphatic rings. The highest BCUT2D eigenvalue weighted by atomic mass is 35.5. The third kappa shape index (κ3) is 3.42. The lowest BCUT2D eigenvalue weighted by molar-refractivity contribution is -0.123. The minimum atomic E-state index is -0.346. The van der Waals surface area contributed by atoms with Gasteiger partial charge in [0, 0.05) is 23.8 Å². The lowest BCUT2D eigenvalue weighted by Crippen LogP contribution is -2.45. The first-order chi connectivity index (χ1) is 9.47. The fourth-order valence-electron chi connectivity index (χ4n) is 2.32. The lowest BCUT2D eigenvalue weighted by Gasteiger charge is -2.31. The van der Waals surface area contributed by atoms with Crippen LogP contribution in [0, 0.1) is 12.8 Å². The molecular formula is C14H18ClN3O2. The summed E-state index contributed by atoms with van der Waals surface area (Å²) in [4.78, 5) is 25.1. The Morgan fingerprint density at radius 2 is 2.20 bits per heavy atom. The summed E-state index contributed by atoms with van der Waals surface area (Å²) in [6, 6.07) is 5.11. The van der Waals surface area contributed by atoms with Crippen molar-refractivity contribution in [2.24, 2.45) is 11.7 Å². The number of nitrogens with zero attached hydrogens (tertiary/aromatic N) is 1. The SMILES string of the molecule is Cc1ccc(Cl)cc1NC(=O)N1CCCC(C(N)=O)C1. The number of hydrogen-bond acceptors (Lipinski definition) is 2. The standard InChI is InChI=1S/C14H18ClN3O2/c1-9-4-5-11(15)7-12(9)17-14(20)18-6-2-3-10(8-18)13(16)19/h4-5,7,10H,2-3,6,8H2,1H3,(H2,16,19)(H,17,20). The van der Waals surface area contributed by atoms with Crippen LogP contribution >= 0.6 is 11.6 Å². The van der Waals surface area contributed by atoms with E-state index < -0.39 is 0 Å². The van der Waals surface area contributed by atoms with Crippen LogP contribution in [0.25, 0.3) is 0 Å². The molecule has 2 rings (SSSR count). The van der Waals surface area contributed by atoms with E-state index in [9.17, 15) is 9.59 Å². The van der Waals surface area contributed by atoms with Gasteiger partial charge in [0.2, 0.25) is 5.91 Å². The summed E-state index contributed by atoms with van der Waals surface area (Å²) in [5, 5.41) is 3.40. The van der Waals surface area contributed by atoms with Crippen LogP contribution in [0.2, 0.25) is 5.02 Å². The Morgan fingerprint density at radius 3 is 2.90 bits per heavy atom. The van der Waals surface area contributed by atoms with Crippen LogP contribution in [-0.2, 0) is 4.79 Å². The second kappa shape index (κ2) is 6.13. The average molecular weight is 296 g/mol. The topological polar surface area (TPSA) is 75.4 Å². The van der Waals surface area contributed by atoms with Gasteiger partial charge in [-0.1, -0.05) is 17.7 Å². The number of piperidine rings is 1. The van der Waals surface area contributed by atoms with Crippen LogP contribution in [0.4, 0.5) is 10.5 Å². The third-order valence-electron chi connectivity index (χ3n) is 3.55. The molecule has 3 N–H and O–H groups in total. The number of urea groups is 1. The van der Waals surface area contributed by atoms with E-state index in [1.165, 1.54) is 0 Å². The quantitative estimate of drug-likeness (QED) is 0.879. The molecule has 0 spiro atoms. The van der Waals surface area contributed by atoms with Crippen molar-refractivity contribution >= 4 is 29.2 Å². The van der Waals surface area contributed by atoms with E-state index in [0.29, 0.717) is 23.8 Å². The van der Waals surface area contributed by atoms with Crippen LogP contribution in [-0.4, -0.2) is 29.9 Å². The Hall–Kier alpha value is -1.75. The number of primary amides is 1. The Bertz CT molecular complexity index is 533. The zero-order valence-corrected chi connectivity index (χ0v) is 12.1. The van der Waals surface area contributed by atoms with Crippen molar-refractivity contribution < 1.29 is 9.59 Å². The van der Waals surface area contributed by atoms with Crippen molar-refractivity contribution in [1.29, 1.82) is 0 Å². The largest absolute Gasteiger partial charge is 0.369 e. The van der Waals surface area contributed by atoms with Crippen molar-refractivity contribution in [3.8, 4) is 0 Å². The number of hydrogen-bond donors (Lipinski definition) is 2. The zero-order chi connectivity index (χ0) is 14.7. The molecule has 108 valence electrons. The lowest BCUT2D eigenvalue weighted by atomic mass is 9.98. The third-order valence-corrected chi connectivity index (χ3v) is 3.79. The van der Waals surface area contributed by atoms with Crippen LogP contribution in [0.5, 0.6) is 0 Å². The van der Waals surface area contributed by atoms with Gasteiger partial charge in [-0.3, -0.25) is 4.79 Å². The molecule has 1 unspecified atom stereocenters. The minimum Gasteiger partial charge on any atom is -0.369 e.